The third-order valence-electron chi connectivity index (χ3n) is 3.35. The molecule has 2 aromatic rings. The minimum atomic E-state index is -0.542. The summed E-state index contributed by atoms with van der Waals surface area (Å²) in [7, 11) is 0. The lowest BCUT2D eigenvalue weighted by Crippen LogP contribution is -2.22. The lowest BCUT2D eigenvalue weighted by atomic mass is 9.89. The fourth-order valence-electron chi connectivity index (χ4n) is 2.12. The summed E-state index contributed by atoms with van der Waals surface area (Å²) in [5.74, 6) is -1.30. The van der Waals surface area contributed by atoms with Gasteiger partial charge in [0.2, 0.25) is 5.91 Å². The normalized spacial score (nSPS) is 12.2. The molecule has 0 aliphatic rings. The second-order valence-electron chi connectivity index (χ2n) is 4.73. The maximum atomic E-state index is 13.0. The van der Waals surface area contributed by atoms with Crippen LogP contribution in [0, 0.1) is 19.7 Å². The summed E-state index contributed by atoms with van der Waals surface area (Å²) in [5, 5.41) is 0. The van der Waals surface area contributed by atoms with Crippen LogP contribution in [-0.4, -0.2) is 5.91 Å². The maximum absolute atomic E-state index is 13.0. The summed E-state index contributed by atoms with van der Waals surface area (Å²) in [5.41, 5.74) is 9.30. The number of carbonyl (C=O) groups excluding carboxylic acids is 1. The highest BCUT2D eigenvalue weighted by Crippen LogP contribution is 2.26. The third kappa shape index (κ3) is 2.81. The molecular formula is C16H16FNO. The predicted octanol–water partition coefficient (Wildman–Crippen LogP) is 3.06. The Bertz CT molecular complexity index is 605. The predicted molar refractivity (Wildman–Crippen MR) is 73.4 cm³/mol. The van der Waals surface area contributed by atoms with Gasteiger partial charge in [0.15, 0.2) is 0 Å². The van der Waals surface area contributed by atoms with E-state index in [1.165, 1.54) is 12.1 Å². The summed E-state index contributed by atoms with van der Waals surface area (Å²) in [4.78, 5) is 11.7. The Labute approximate surface area is 112 Å². The summed E-state index contributed by atoms with van der Waals surface area (Å²) in [6.07, 6.45) is 0. The topological polar surface area (TPSA) is 43.1 Å². The van der Waals surface area contributed by atoms with E-state index >= 15 is 0 Å². The van der Waals surface area contributed by atoms with Crippen LogP contribution < -0.4 is 5.73 Å². The van der Waals surface area contributed by atoms with Gasteiger partial charge >= 0.3 is 0 Å². The van der Waals surface area contributed by atoms with Crippen LogP contribution in [0.1, 0.15) is 28.2 Å². The first kappa shape index (κ1) is 13.3. The highest BCUT2D eigenvalue weighted by atomic mass is 19.1. The molecule has 0 aliphatic carbocycles. The summed E-state index contributed by atoms with van der Waals surface area (Å²) >= 11 is 0. The molecule has 1 atom stereocenters. The Morgan fingerprint density at radius 2 is 1.58 bits per heavy atom. The minimum Gasteiger partial charge on any atom is -0.369 e. The molecule has 0 aromatic heterocycles. The molecular weight excluding hydrogens is 241 g/mol. The third-order valence-corrected chi connectivity index (χ3v) is 3.35. The monoisotopic (exact) mass is 257 g/mol. The number of carbonyl (C=O) groups is 1. The van der Waals surface area contributed by atoms with Gasteiger partial charge in [0.05, 0.1) is 5.92 Å². The van der Waals surface area contributed by atoms with Crippen molar-refractivity contribution in [2.75, 3.05) is 0 Å². The zero-order valence-corrected chi connectivity index (χ0v) is 11.0. The number of hydrogen-bond acceptors (Lipinski definition) is 1. The number of primary amides is 1. The molecule has 2 rings (SSSR count). The summed E-state index contributed by atoms with van der Waals surface area (Å²) < 4.78 is 13.0. The maximum Gasteiger partial charge on any atom is 0.229 e. The Kier molecular flexibility index (Phi) is 3.65. The quantitative estimate of drug-likeness (QED) is 0.902. The number of aryl methyl sites for hydroxylation is 2. The van der Waals surface area contributed by atoms with Crippen molar-refractivity contribution < 1.29 is 9.18 Å². The van der Waals surface area contributed by atoms with E-state index in [0.29, 0.717) is 5.56 Å². The Morgan fingerprint density at radius 1 is 1.00 bits per heavy atom. The summed E-state index contributed by atoms with van der Waals surface area (Å²) in [6, 6.07) is 11.7. The first-order valence-corrected chi connectivity index (χ1v) is 6.11. The fourth-order valence-corrected chi connectivity index (χ4v) is 2.12. The zero-order chi connectivity index (χ0) is 14.0. The van der Waals surface area contributed by atoms with Gasteiger partial charge in [-0.15, -0.1) is 0 Å². The molecule has 3 heteroatoms. The average Bonchev–Trinajstić information content (AvgIpc) is 2.36. The van der Waals surface area contributed by atoms with Crippen LogP contribution in [0.25, 0.3) is 0 Å². The number of halogens is 1. The molecule has 0 saturated heterocycles. The minimum absolute atomic E-state index is 0.327. The van der Waals surface area contributed by atoms with Crippen molar-refractivity contribution in [1.29, 1.82) is 0 Å². The van der Waals surface area contributed by atoms with Gasteiger partial charge in [-0.25, -0.2) is 4.39 Å². The van der Waals surface area contributed by atoms with Gasteiger partial charge in [-0.05, 0) is 48.2 Å². The standard InChI is InChI=1S/C16H16FNO/c1-10-3-4-13(9-11(10)2)15(16(18)19)12-5-7-14(17)8-6-12/h3-9,15H,1-2H3,(H2,18,19). The molecule has 2 N–H and O–H groups in total. The molecule has 2 nitrogen and oxygen atoms in total. The second kappa shape index (κ2) is 5.22. The molecule has 0 bridgehead atoms. The molecule has 98 valence electrons. The molecule has 0 fully saturated rings. The fraction of sp³-hybridized carbons (Fsp3) is 0.188. The molecule has 0 saturated carbocycles. The van der Waals surface area contributed by atoms with Gasteiger partial charge in [-0.2, -0.15) is 0 Å². The summed E-state index contributed by atoms with van der Waals surface area (Å²) in [6.45, 7) is 4.00. The van der Waals surface area contributed by atoms with Crippen molar-refractivity contribution >= 4 is 5.91 Å². The van der Waals surface area contributed by atoms with Gasteiger partial charge in [0.25, 0.3) is 0 Å². The van der Waals surface area contributed by atoms with E-state index in [0.717, 1.165) is 16.7 Å². The Balaban J connectivity index is 2.48. The van der Waals surface area contributed by atoms with E-state index in [9.17, 15) is 9.18 Å². The molecule has 1 amide bonds. The zero-order valence-electron chi connectivity index (χ0n) is 11.0. The molecule has 19 heavy (non-hydrogen) atoms. The number of hydrogen-bond donors (Lipinski definition) is 1. The second-order valence-corrected chi connectivity index (χ2v) is 4.73. The van der Waals surface area contributed by atoms with Crippen LogP contribution in [0.15, 0.2) is 42.5 Å². The van der Waals surface area contributed by atoms with Crippen molar-refractivity contribution in [2.24, 2.45) is 5.73 Å². The van der Waals surface area contributed by atoms with Gasteiger partial charge < -0.3 is 5.73 Å². The van der Waals surface area contributed by atoms with Crippen LogP contribution >= 0.6 is 0 Å². The average molecular weight is 257 g/mol. The molecule has 0 heterocycles. The van der Waals surface area contributed by atoms with Crippen molar-refractivity contribution in [1.82, 2.24) is 0 Å². The highest BCUT2D eigenvalue weighted by Gasteiger charge is 2.20. The van der Waals surface area contributed by atoms with E-state index in [1.807, 2.05) is 32.0 Å². The highest BCUT2D eigenvalue weighted by molar-refractivity contribution is 5.85. The van der Waals surface area contributed by atoms with Crippen LogP contribution in [0.2, 0.25) is 0 Å². The van der Waals surface area contributed by atoms with E-state index < -0.39 is 11.8 Å². The van der Waals surface area contributed by atoms with Crippen molar-refractivity contribution in [3.8, 4) is 0 Å². The van der Waals surface area contributed by atoms with Gasteiger partial charge in [-0.1, -0.05) is 30.3 Å². The van der Waals surface area contributed by atoms with E-state index in [-0.39, 0.29) is 5.82 Å². The van der Waals surface area contributed by atoms with Crippen molar-refractivity contribution in [3.05, 3.63) is 70.5 Å². The van der Waals surface area contributed by atoms with Crippen LogP contribution in [-0.2, 0) is 4.79 Å². The molecule has 2 aromatic carbocycles. The number of nitrogens with two attached hydrogens (primary N) is 1. The first-order chi connectivity index (χ1) is 8.99. The number of amides is 1. The largest absolute Gasteiger partial charge is 0.369 e. The van der Waals surface area contributed by atoms with E-state index in [4.69, 9.17) is 5.73 Å². The van der Waals surface area contributed by atoms with Gasteiger partial charge in [0, 0.05) is 0 Å². The van der Waals surface area contributed by atoms with Crippen LogP contribution in [0.5, 0.6) is 0 Å². The van der Waals surface area contributed by atoms with Crippen molar-refractivity contribution in [2.45, 2.75) is 19.8 Å². The van der Waals surface area contributed by atoms with E-state index in [2.05, 4.69) is 0 Å². The lowest BCUT2D eigenvalue weighted by molar-refractivity contribution is -0.118. The molecule has 1 unspecified atom stereocenters. The SMILES string of the molecule is Cc1ccc(C(C(N)=O)c2ccc(F)cc2)cc1C. The smallest absolute Gasteiger partial charge is 0.229 e. The number of benzene rings is 2. The Morgan fingerprint density at radius 3 is 2.11 bits per heavy atom. The van der Waals surface area contributed by atoms with Gasteiger partial charge in [0.1, 0.15) is 5.82 Å². The van der Waals surface area contributed by atoms with Crippen LogP contribution in [0.3, 0.4) is 0 Å². The van der Waals surface area contributed by atoms with Crippen LogP contribution in [0.4, 0.5) is 4.39 Å². The van der Waals surface area contributed by atoms with E-state index in [1.54, 1.807) is 12.1 Å². The molecule has 0 aliphatic heterocycles. The lowest BCUT2D eigenvalue weighted by Gasteiger charge is -2.15. The number of rotatable bonds is 3. The molecule has 0 radical (unpaired) electrons. The Hall–Kier alpha value is -2.16. The molecule has 0 spiro atoms. The van der Waals surface area contributed by atoms with Gasteiger partial charge in [-0.3, -0.25) is 4.79 Å². The first-order valence-electron chi connectivity index (χ1n) is 6.11. The van der Waals surface area contributed by atoms with Crippen molar-refractivity contribution in [3.63, 3.8) is 0 Å².